The van der Waals surface area contributed by atoms with Crippen molar-refractivity contribution in [1.29, 1.82) is 0 Å². The summed E-state index contributed by atoms with van der Waals surface area (Å²) < 4.78 is 136. The first-order valence-corrected chi connectivity index (χ1v) is 3.95. The van der Waals surface area contributed by atoms with E-state index in [2.05, 4.69) is 9.93 Å². The number of rotatable bonds is 7. The lowest BCUT2D eigenvalue weighted by atomic mass is 10.5. The Kier molecular flexibility index (Phi) is 5.41. The highest BCUT2D eigenvalue weighted by atomic mass is 19.4. The zero-order chi connectivity index (χ0) is 17.3. The molecule has 1 N–H and O–H groups in total. The Labute approximate surface area is 105 Å². The van der Waals surface area contributed by atoms with Crippen LogP contribution in [0.1, 0.15) is 0 Å². The molecule has 0 aromatic rings. The first-order chi connectivity index (χ1) is 8.97. The van der Waals surface area contributed by atoms with Crippen molar-refractivity contribution in [2.45, 2.75) is 30.8 Å². The zero-order valence-corrected chi connectivity index (χ0v) is 8.74. The predicted molar refractivity (Wildman–Crippen MR) is 32.8 cm³/mol. The summed E-state index contributed by atoms with van der Waals surface area (Å²) in [5.74, 6) is 0. The smallest absolute Gasteiger partial charge is 0.241 e. The number of alkyl halides is 11. The molecular formula is C5HF11O5. The van der Waals surface area contributed by atoms with Crippen molar-refractivity contribution in [3.05, 3.63) is 0 Å². The van der Waals surface area contributed by atoms with Gasteiger partial charge in [-0.25, -0.2) is 14.7 Å². The van der Waals surface area contributed by atoms with Gasteiger partial charge in [0.2, 0.25) is 0 Å². The van der Waals surface area contributed by atoms with E-state index in [9.17, 15) is 48.3 Å². The average Bonchev–Trinajstić information content (AvgIpc) is 2.10. The minimum atomic E-state index is -6.88. The summed E-state index contributed by atoms with van der Waals surface area (Å²) in [5.41, 5.74) is 0. The summed E-state index contributed by atoms with van der Waals surface area (Å²) in [7, 11) is 0. The fraction of sp³-hybridized carbons (Fsp3) is 1.00. The molecule has 0 radical (unpaired) electrons. The molecule has 0 aliphatic rings. The van der Waals surface area contributed by atoms with Crippen molar-refractivity contribution in [3.8, 4) is 0 Å². The van der Waals surface area contributed by atoms with Crippen LogP contribution in [0.15, 0.2) is 0 Å². The van der Waals surface area contributed by atoms with Gasteiger partial charge in [-0.3, -0.25) is 0 Å². The van der Waals surface area contributed by atoms with Crippen LogP contribution in [0.5, 0.6) is 0 Å². The fourth-order valence-electron chi connectivity index (χ4n) is 0.547. The Morgan fingerprint density at radius 2 is 0.952 bits per heavy atom. The third-order valence-corrected chi connectivity index (χ3v) is 1.31. The van der Waals surface area contributed by atoms with Crippen LogP contribution in [0.4, 0.5) is 48.3 Å². The van der Waals surface area contributed by atoms with Gasteiger partial charge in [0.15, 0.2) is 0 Å². The molecule has 0 spiro atoms. The van der Waals surface area contributed by atoms with Gasteiger partial charge in [-0.2, -0.15) is 39.5 Å². The first-order valence-electron chi connectivity index (χ1n) is 3.95. The number of hydrogen-bond donors (Lipinski definition) is 1. The Balaban J connectivity index is 5.21. The molecule has 0 saturated heterocycles. The van der Waals surface area contributed by atoms with Gasteiger partial charge in [0.05, 0.1) is 0 Å². The fourth-order valence-corrected chi connectivity index (χ4v) is 0.547. The first kappa shape index (κ1) is 20.0. The second-order valence-corrected chi connectivity index (χ2v) is 2.87. The van der Waals surface area contributed by atoms with Gasteiger partial charge in [0.25, 0.3) is 0 Å². The molecule has 0 amide bonds. The normalized spacial score (nSPS) is 15.4. The monoisotopic (exact) mass is 350 g/mol. The van der Waals surface area contributed by atoms with Crippen LogP contribution in [0.25, 0.3) is 0 Å². The zero-order valence-electron chi connectivity index (χ0n) is 8.74. The van der Waals surface area contributed by atoms with Gasteiger partial charge < -0.3 is 0 Å². The maximum atomic E-state index is 12.4. The van der Waals surface area contributed by atoms with E-state index < -0.39 is 30.8 Å². The molecule has 0 heterocycles. The minimum Gasteiger partial charge on any atom is -0.241 e. The predicted octanol–water partition coefficient (Wildman–Crippen LogP) is 3.33. The van der Waals surface area contributed by atoms with Crippen molar-refractivity contribution in [1.82, 2.24) is 0 Å². The van der Waals surface area contributed by atoms with E-state index in [0.29, 0.717) is 0 Å². The Bertz CT molecular complexity index is 351. The van der Waals surface area contributed by atoms with Gasteiger partial charge >= 0.3 is 30.8 Å². The van der Waals surface area contributed by atoms with Crippen molar-refractivity contribution in [2.75, 3.05) is 0 Å². The third-order valence-electron chi connectivity index (χ3n) is 1.31. The van der Waals surface area contributed by atoms with E-state index in [1.54, 1.807) is 0 Å². The van der Waals surface area contributed by atoms with E-state index in [4.69, 9.17) is 5.26 Å². The molecule has 0 unspecified atom stereocenters. The Hall–Kier alpha value is -0.970. The maximum absolute atomic E-state index is 12.4. The summed E-state index contributed by atoms with van der Waals surface area (Å²) in [4.78, 5) is 2.18. The molecule has 0 aliphatic carbocycles. The van der Waals surface area contributed by atoms with Crippen LogP contribution in [-0.4, -0.2) is 36.1 Å². The lowest BCUT2D eigenvalue weighted by molar-refractivity contribution is -0.643. The molecule has 128 valence electrons. The largest absolute Gasteiger partial charge is 0.519 e. The number of hydrogen-bond acceptors (Lipinski definition) is 5. The van der Waals surface area contributed by atoms with Crippen molar-refractivity contribution < 1.29 is 73.0 Å². The second-order valence-electron chi connectivity index (χ2n) is 2.87. The lowest BCUT2D eigenvalue weighted by Crippen LogP contribution is -2.55. The highest BCUT2D eigenvalue weighted by Gasteiger charge is 2.73. The molecule has 5 nitrogen and oxygen atoms in total. The van der Waals surface area contributed by atoms with E-state index in [1.165, 1.54) is 4.74 Å². The summed E-state index contributed by atoms with van der Waals surface area (Å²) in [6.45, 7) is 0. The van der Waals surface area contributed by atoms with Gasteiger partial charge in [0, 0.05) is 0 Å². The van der Waals surface area contributed by atoms with E-state index in [-0.39, 0.29) is 0 Å². The minimum absolute atomic E-state index is 1.52. The summed E-state index contributed by atoms with van der Waals surface area (Å²) in [6, 6.07) is 0. The Morgan fingerprint density at radius 1 is 0.571 bits per heavy atom. The third kappa shape index (κ3) is 5.06. The second kappa shape index (κ2) is 5.67. The molecular weight excluding hydrogens is 349 g/mol. The molecule has 16 heteroatoms. The van der Waals surface area contributed by atoms with Crippen LogP contribution in [0.2, 0.25) is 0 Å². The van der Waals surface area contributed by atoms with Crippen molar-refractivity contribution in [3.63, 3.8) is 0 Å². The summed E-state index contributed by atoms with van der Waals surface area (Å²) in [5, 5.41) is 9.38. The van der Waals surface area contributed by atoms with Crippen LogP contribution < -0.4 is 0 Å². The Morgan fingerprint density at radius 3 is 1.29 bits per heavy atom. The van der Waals surface area contributed by atoms with Gasteiger partial charge in [-0.05, 0) is 0 Å². The highest BCUT2D eigenvalue weighted by molar-refractivity contribution is 4.74. The summed E-state index contributed by atoms with van der Waals surface area (Å²) >= 11 is 0. The molecule has 0 rings (SSSR count). The molecule has 0 saturated carbocycles. The molecule has 0 fully saturated rings. The SMILES string of the molecule is OOOC(F)(F)OC(F)(F)C(F)(F)OC(F)(F)C(F)(F)F. The number of ether oxygens (including phenoxy) is 2. The summed E-state index contributed by atoms with van der Waals surface area (Å²) in [6.07, 6.45) is -33.2. The molecule has 0 atom stereocenters. The van der Waals surface area contributed by atoms with Gasteiger partial charge in [-0.1, -0.05) is 5.04 Å². The highest BCUT2D eigenvalue weighted by Crippen LogP contribution is 2.47. The van der Waals surface area contributed by atoms with E-state index >= 15 is 0 Å². The average molecular weight is 350 g/mol. The van der Waals surface area contributed by atoms with Crippen molar-refractivity contribution >= 4 is 0 Å². The van der Waals surface area contributed by atoms with Crippen LogP contribution in [0, 0.1) is 0 Å². The molecule has 0 bridgehead atoms. The number of halogens is 11. The maximum Gasteiger partial charge on any atom is 0.519 e. The van der Waals surface area contributed by atoms with Crippen LogP contribution in [0.3, 0.4) is 0 Å². The molecule has 0 aromatic heterocycles. The van der Waals surface area contributed by atoms with Crippen LogP contribution in [-0.2, 0) is 19.4 Å². The van der Waals surface area contributed by atoms with Gasteiger partial charge in [0.1, 0.15) is 0 Å². The van der Waals surface area contributed by atoms with E-state index in [0.717, 1.165) is 0 Å². The quantitative estimate of drug-likeness (QED) is 0.330. The van der Waals surface area contributed by atoms with Crippen molar-refractivity contribution in [2.24, 2.45) is 0 Å². The van der Waals surface area contributed by atoms with Gasteiger partial charge in [-0.15, -0.1) is 13.7 Å². The standard InChI is InChI=1S/C5HF11O5/c6-1(7,8)2(9,10)18-3(11,12)4(13,14)19-5(15,16)20-21-17/h17H. The van der Waals surface area contributed by atoms with E-state index in [1.807, 2.05) is 4.74 Å². The molecule has 21 heavy (non-hydrogen) atoms. The topological polar surface area (TPSA) is 57.2 Å². The molecule has 0 aromatic carbocycles. The molecule has 0 aliphatic heterocycles. The lowest BCUT2D eigenvalue weighted by Gasteiger charge is -2.30. The van der Waals surface area contributed by atoms with Crippen LogP contribution >= 0.6 is 0 Å².